The van der Waals surface area contributed by atoms with E-state index in [1.165, 1.54) is 135 Å². The quantitative estimate of drug-likeness (QED) is 0.0169. The van der Waals surface area contributed by atoms with Crippen molar-refractivity contribution < 1.29 is 80.2 Å². The molecule has 0 aromatic heterocycles. The Balaban J connectivity index is 5.28. The number of esters is 4. The maximum Gasteiger partial charge on any atom is 0.472 e. The predicted octanol–water partition coefficient (Wildman–Crippen LogP) is 20.6. The van der Waals surface area contributed by atoms with Crippen molar-refractivity contribution in [3.8, 4) is 0 Å². The first-order valence-corrected chi connectivity index (χ1v) is 40.2. The number of aliphatic hydroxyl groups excluding tert-OH is 1. The standard InChI is InChI=1S/C73H138O17P2/c1-8-9-10-11-12-13-14-15-16-17-22-27-34-42-49-56-72(77)89-69(61-84-71(76)55-48-41-36-29-32-39-46-53-66(6)7)63-88-92(81,82)86-59-67(74)58-85-91(79,80)87-62-68(90-73(78)57-50-43-35-28-23-25-31-38-45-52-65(4)5)60-83-70(75)54-47-40-33-26-21-19-18-20-24-30-37-44-51-64(2)3/h13-16,64-69,74H,8-12,17-63H2,1-7H3,(H,79,80)(H,81,82)/b14-13-,16-15-/t67?,68-,69-/m1/s1. The summed E-state index contributed by atoms with van der Waals surface area (Å²) < 4.78 is 68.3. The molecule has 0 aliphatic rings. The van der Waals surface area contributed by atoms with Crippen molar-refractivity contribution in [1.29, 1.82) is 0 Å². The number of phosphoric acid groups is 2. The number of unbranched alkanes of at least 4 members (excludes halogenated alkanes) is 34. The molecule has 542 valence electrons. The van der Waals surface area contributed by atoms with Crippen LogP contribution in [0, 0.1) is 17.8 Å². The van der Waals surface area contributed by atoms with Gasteiger partial charge in [-0.2, -0.15) is 0 Å². The van der Waals surface area contributed by atoms with Gasteiger partial charge in [0.1, 0.15) is 19.3 Å². The van der Waals surface area contributed by atoms with Gasteiger partial charge in [-0.3, -0.25) is 37.3 Å². The molecule has 0 heterocycles. The van der Waals surface area contributed by atoms with Crippen LogP contribution >= 0.6 is 15.6 Å². The van der Waals surface area contributed by atoms with E-state index in [0.29, 0.717) is 31.6 Å². The van der Waals surface area contributed by atoms with Crippen molar-refractivity contribution in [2.75, 3.05) is 39.6 Å². The van der Waals surface area contributed by atoms with Crippen LogP contribution in [0.1, 0.15) is 344 Å². The Morgan fingerprint density at radius 2 is 0.587 bits per heavy atom. The minimum atomic E-state index is -4.96. The number of hydrogen-bond acceptors (Lipinski definition) is 15. The topological polar surface area (TPSA) is 237 Å². The minimum absolute atomic E-state index is 0.0838. The fraction of sp³-hybridized carbons (Fsp3) is 0.890. The lowest BCUT2D eigenvalue weighted by atomic mass is 10.0. The second kappa shape index (κ2) is 63.3. The summed E-state index contributed by atoms with van der Waals surface area (Å²) in [6.07, 6.45) is 50.8. The van der Waals surface area contributed by atoms with Crippen LogP contribution in [-0.4, -0.2) is 96.7 Å². The van der Waals surface area contributed by atoms with Crippen LogP contribution in [0.5, 0.6) is 0 Å². The largest absolute Gasteiger partial charge is 0.472 e. The van der Waals surface area contributed by atoms with E-state index in [1.54, 1.807) is 0 Å². The molecule has 92 heavy (non-hydrogen) atoms. The zero-order valence-corrected chi connectivity index (χ0v) is 61.3. The molecule has 0 saturated carbocycles. The number of allylic oxidation sites excluding steroid dienone is 4. The fourth-order valence-corrected chi connectivity index (χ4v) is 12.1. The maximum absolute atomic E-state index is 13.0. The Kier molecular flexibility index (Phi) is 61.6. The first-order valence-electron chi connectivity index (χ1n) is 37.2. The highest BCUT2D eigenvalue weighted by Crippen LogP contribution is 2.45. The Morgan fingerprint density at radius 1 is 0.337 bits per heavy atom. The van der Waals surface area contributed by atoms with E-state index >= 15 is 0 Å². The van der Waals surface area contributed by atoms with Gasteiger partial charge in [-0.25, -0.2) is 9.13 Å². The van der Waals surface area contributed by atoms with Crippen molar-refractivity contribution in [3.05, 3.63) is 24.3 Å². The molecule has 3 N–H and O–H groups in total. The molecule has 0 radical (unpaired) electrons. The summed E-state index contributed by atoms with van der Waals surface area (Å²) in [4.78, 5) is 72.6. The molecule has 0 rings (SSSR count). The van der Waals surface area contributed by atoms with Crippen molar-refractivity contribution in [3.63, 3.8) is 0 Å². The number of carbonyl (C=O) groups excluding carboxylic acids is 4. The van der Waals surface area contributed by atoms with E-state index < -0.39 is 97.5 Å². The van der Waals surface area contributed by atoms with Crippen LogP contribution in [0.15, 0.2) is 24.3 Å². The third-order valence-electron chi connectivity index (χ3n) is 16.3. The normalized spacial score (nSPS) is 14.3. The monoisotopic (exact) mass is 1350 g/mol. The van der Waals surface area contributed by atoms with Crippen LogP contribution in [0.3, 0.4) is 0 Å². The lowest BCUT2D eigenvalue weighted by Gasteiger charge is -2.21. The Labute approximate surface area is 561 Å². The van der Waals surface area contributed by atoms with E-state index in [1.807, 2.05) is 0 Å². The summed E-state index contributed by atoms with van der Waals surface area (Å²) in [5.41, 5.74) is 0. The fourth-order valence-electron chi connectivity index (χ4n) is 10.5. The summed E-state index contributed by atoms with van der Waals surface area (Å²) in [6.45, 7) is 11.7. The van der Waals surface area contributed by atoms with Gasteiger partial charge in [-0.15, -0.1) is 0 Å². The molecule has 0 fully saturated rings. The number of carbonyl (C=O) groups is 4. The highest BCUT2D eigenvalue weighted by molar-refractivity contribution is 7.47. The van der Waals surface area contributed by atoms with Crippen LogP contribution in [0.25, 0.3) is 0 Å². The zero-order chi connectivity index (χ0) is 68.0. The molecule has 5 atom stereocenters. The first-order chi connectivity index (χ1) is 44.2. The smallest absolute Gasteiger partial charge is 0.462 e. The molecule has 0 aromatic rings. The van der Waals surface area contributed by atoms with Gasteiger partial charge >= 0.3 is 39.5 Å². The molecule has 0 bridgehead atoms. The van der Waals surface area contributed by atoms with Gasteiger partial charge in [-0.1, -0.05) is 291 Å². The summed E-state index contributed by atoms with van der Waals surface area (Å²) in [5.74, 6) is 0.0628. The predicted molar refractivity (Wildman–Crippen MR) is 372 cm³/mol. The van der Waals surface area contributed by atoms with E-state index in [-0.39, 0.29) is 25.7 Å². The number of rotatable bonds is 69. The van der Waals surface area contributed by atoms with Gasteiger partial charge < -0.3 is 33.8 Å². The summed E-state index contributed by atoms with van der Waals surface area (Å²) in [7, 11) is -9.92. The van der Waals surface area contributed by atoms with Gasteiger partial charge in [0.25, 0.3) is 0 Å². The Bertz CT molecular complexity index is 1890. The molecule has 0 spiro atoms. The highest BCUT2D eigenvalue weighted by atomic mass is 31.2. The third-order valence-corrected chi connectivity index (χ3v) is 18.2. The second-order valence-corrected chi connectivity index (χ2v) is 30.0. The number of hydrogen-bond donors (Lipinski definition) is 3. The average Bonchev–Trinajstić information content (AvgIpc) is 3.26. The first kappa shape index (κ1) is 89.5. The molecule has 0 saturated heterocycles. The summed E-state index contributed by atoms with van der Waals surface area (Å²) in [6, 6.07) is 0. The Morgan fingerprint density at radius 3 is 0.880 bits per heavy atom. The molecule has 0 amide bonds. The maximum atomic E-state index is 13.0. The molecular formula is C73H138O17P2. The number of phosphoric ester groups is 2. The van der Waals surface area contributed by atoms with Gasteiger partial charge in [-0.05, 0) is 69.1 Å². The molecule has 3 unspecified atom stereocenters. The van der Waals surface area contributed by atoms with Gasteiger partial charge in [0.05, 0.1) is 26.4 Å². The zero-order valence-electron chi connectivity index (χ0n) is 59.5. The molecule has 0 aromatic carbocycles. The summed E-state index contributed by atoms with van der Waals surface area (Å²) >= 11 is 0. The number of aliphatic hydroxyl groups is 1. The van der Waals surface area contributed by atoms with Gasteiger partial charge in [0.2, 0.25) is 0 Å². The molecule has 19 heteroatoms. The van der Waals surface area contributed by atoms with Crippen LogP contribution in [0.2, 0.25) is 0 Å². The second-order valence-electron chi connectivity index (χ2n) is 27.1. The van der Waals surface area contributed by atoms with Crippen LogP contribution < -0.4 is 0 Å². The minimum Gasteiger partial charge on any atom is -0.462 e. The van der Waals surface area contributed by atoms with E-state index in [0.717, 1.165) is 121 Å². The van der Waals surface area contributed by atoms with E-state index in [2.05, 4.69) is 72.8 Å². The van der Waals surface area contributed by atoms with Gasteiger partial charge in [0.15, 0.2) is 12.2 Å². The molecule has 0 aliphatic carbocycles. The van der Waals surface area contributed by atoms with E-state index in [4.69, 9.17) is 37.0 Å². The molecule has 0 aliphatic heterocycles. The SMILES string of the molecule is CCCCCC/C=C\C=C/CCCCCCCC(=O)O[C@H](COC(=O)CCCCCCCCCC(C)C)COP(=O)(O)OCC(O)COP(=O)(O)OC[C@@H](COC(=O)CCCCCCCCCCCCCCC(C)C)OC(=O)CCCCCCCCCCCC(C)C. The Hall–Kier alpha value is -2.46. The summed E-state index contributed by atoms with van der Waals surface area (Å²) in [5, 5.41) is 10.6. The van der Waals surface area contributed by atoms with Crippen molar-refractivity contribution in [2.24, 2.45) is 17.8 Å². The molecule has 17 nitrogen and oxygen atoms in total. The van der Waals surface area contributed by atoms with Crippen LogP contribution in [0.4, 0.5) is 0 Å². The van der Waals surface area contributed by atoms with Crippen molar-refractivity contribution in [1.82, 2.24) is 0 Å². The average molecular weight is 1350 g/mol. The van der Waals surface area contributed by atoms with E-state index in [9.17, 15) is 43.2 Å². The van der Waals surface area contributed by atoms with Crippen molar-refractivity contribution in [2.45, 2.75) is 362 Å². The molecular weight excluding hydrogens is 1210 g/mol. The van der Waals surface area contributed by atoms with Gasteiger partial charge in [0, 0.05) is 25.7 Å². The van der Waals surface area contributed by atoms with Crippen LogP contribution in [-0.2, 0) is 65.4 Å². The lowest BCUT2D eigenvalue weighted by Crippen LogP contribution is -2.30. The number of ether oxygens (including phenoxy) is 4. The van der Waals surface area contributed by atoms with Crippen molar-refractivity contribution >= 4 is 39.5 Å². The highest BCUT2D eigenvalue weighted by Gasteiger charge is 2.30. The lowest BCUT2D eigenvalue weighted by molar-refractivity contribution is -0.161. The third kappa shape index (κ3) is 66.2.